The van der Waals surface area contributed by atoms with E-state index in [1.54, 1.807) is 12.1 Å². The van der Waals surface area contributed by atoms with Gasteiger partial charge in [0.05, 0.1) is 5.69 Å². The van der Waals surface area contributed by atoms with Gasteiger partial charge in [-0.1, -0.05) is 79.2 Å². The number of hydrogen-bond donors (Lipinski definition) is 0. The second kappa shape index (κ2) is 11.6. The molecule has 3 aromatic rings. The Morgan fingerprint density at radius 1 is 0.846 bits per heavy atom. The van der Waals surface area contributed by atoms with Crippen LogP contribution in [-0.2, 0) is 17.8 Å². The number of benzene rings is 3. The molecule has 39 heavy (non-hydrogen) atoms. The Balaban J connectivity index is 1.28. The number of hydrogen-bond acceptors (Lipinski definition) is 3. The fraction of sp³-hybridized carbons (Fsp3) is 0.441. The highest BCUT2D eigenvalue weighted by atomic mass is 19.1. The maximum absolute atomic E-state index is 15.2. The lowest BCUT2D eigenvalue weighted by Crippen LogP contribution is -2.56. The summed E-state index contributed by atoms with van der Waals surface area (Å²) in [5, 5.41) is 0. The minimum Gasteiger partial charge on any atom is -0.309 e. The number of rotatable bonds is 9. The van der Waals surface area contributed by atoms with Crippen LogP contribution in [0.1, 0.15) is 36.8 Å². The normalized spacial score (nSPS) is 23.8. The minimum absolute atomic E-state index is 0.0269. The Kier molecular flexibility index (Phi) is 7.80. The van der Waals surface area contributed by atoms with Gasteiger partial charge >= 0.3 is 0 Å². The number of para-hydroxylation sites is 1. The Morgan fingerprint density at radius 3 is 2.21 bits per heavy atom. The maximum atomic E-state index is 15.2. The summed E-state index contributed by atoms with van der Waals surface area (Å²) in [6.45, 7) is 6.49. The van der Waals surface area contributed by atoms with Crippen LogP contribution in [0.3, 0.4) is 0 Å². The predicted molar refractivity (Wildman–Crippen MR) is 155 cm³/mol. The first-order chi connectivity index (χ1) is 19.1. The summed E-state index contributed by atoms with van der Waals surface area (Å²) in [6, 6.07) is 28.3. The van der Waals surface area contributed by atoms with Crippen molar-refractivity contribution >= 4 is 11.6 Å². The first kappa shape index (κ1) is 26.2. The van der Waals surface area contributed by atoms with Gasteiger partial charge in [-0.15, -0.1) is 0 Å². The number of carbonyl (C=O) groups excluding carboxylic acids is 1. The van der Waals surface area contributed by atoms with E-state index < -0.39 is 0 Å². The van der Waals surface area contributed by atoms with Gasteiger partial charge in [0.15, 0.2) is 0 Å². The van der Waals surface area contributed by atoms with Gasteiger partial charge in [0, 0.05) is 50.6 Å². The molecule has 2 atom stereocenters. The molecule has 3 aliphatic rings. The molecule has 0 radical (unpaired) electrons. The molecule has 5 heteroatoms. The van der Waals surface area contributed by atoms with Gasteiger partial charge in [0.2, 0.25) is 5.91 Å². The van der Waals surface area contributed by atoms with Crippen molar-refractivity contribution in [2.75, 3.05) is 44.2 Å². The molecule has 6 rings (SSSR count). The van der Waals surface area contributed by atoms with Crippen LogP contribution >= 0.6 is 0 Å². The first-order valence-electron chi connectivity index (χ1n) is 14.7. The summed E-state index contributed by atoms with van der Waals surface area (Å²) in [7, 11) is 0. The molecule has 3 aromatic carbocycles. The van der Waals surface area contributed by atoms with Crippen LogP contribution in [-0.4, -0.2) is 55.0 Å². The second-order valence-electron chi connectivity index (χ2n) is 12.0. The smallest absolute Gasteiger partial charge is 0.230 e. The van der Waals surface area contributed by atoms with E-state index in [0.717, 1.165) is 71.4 Å². The molecule has 1 amide bonds. The summed E-state index contributed by atoms with van der Waals surface area (Å²) in [6.07, 6.45) is 5.07. The number of fused-ring (bicyclic) bond motifs is 1. The van der Waals surface area contributed by atoms with E-state index in [0.29, 0.717) is 18.2 Å². The molecule has 2 aliphatic heterocycles. The van der Waals surface area contributed by atoms with Crippen LogP contribution in [0.5, 0.6) is 0 Å². The summed E-state index contributed by atoms with van der Waals surface area (Å²) < 4.78 is 15.2. The second-order valence-corrected chi connectivity index (χ2v) is 12.0. The van der Waals surface area contributed by atoms with Crippen LogP contribution in [0.15, 0.2) is 84.9 Å². The quantitative estimate of drug-likeness (QED) is 0.342. The van der Waals surface area contributed by atoms with E-state index in [2.05, 4.69) is 70.5 Å². The highest BCUT2D eigenvalue weighted by Gasteiger charge is 2.51. The topological polar surface area (TPSA) is 26.8 Å². The third-order valence-corrected chi connectivity index (χ3v) is 9.36. The monoisotopic (exact) mass is 525 g/mol. The van der Waals surface area contributed by atoms with Gasteiger partial charge in [-0.25, -0.2) is 4.39 Å². The fourth-order valence-electron chi connectivity index (χ4n) is 7.04. The SMILES string of the molecule is O=C(C1CCC1)N(CC12CN(CCc3ccccc3)CCC1CN(Cc1ccccc1)C2)c1ccccc1F. The molecular formula is C34H40FN3O. The van der Waals surface area contributed by atoms with E-state index >= 15 is 4.39 Å². The highest BCUT2D eigenvalue weighted by molar-refractivity contribution is 5.95. The summed E-state index contributed by atoms with van der Waals surface area (Å²) in [5.41, 5.74) is 3.04. The number of piperidine rings is 1. The maximum Gasteiger partial charge on any atom is 0.230 e. The Hall–Kier alpha value is -3.02. The van der Waals surface area contributed by atoms with Crippen molar-refractivity contribution in [3.63, 3.8) is 0 Å². The largest absolute Gasteiger partial charge is 0.309 e. The molecule has 204 valence electrons. The third-order valence-electron chi connectivity index (χ3n) is 9.36. The molecule has 2 unspecified atom stereocenters. The molecule has 0 bridgehead atoms. The molecule has 2 heterocycles. The zero-order valence-corrected chi connectivity index (χ0v) is 22.9. The standard InChI is InChI=1S/C34H40FN3O/c35-31-16-7-8-17-32(31)38(33(39)29-14-9-15-29)26-34-24-36(20-18-27-10-3-1-4-11-27)21-19-30(34)23-37(25-34)22-28-12-5-2-6-13-28/h1-8,10-13,16-17,29-30H,9,14-15,18-26H2. The number of halogens is 1. The molecule has 0 spiro atoms. The highest BCUT2D eigenvalue weighted by Crippen LogP contribution is 2.45. The fourth-order valence-corrected chi connectivity index (χ4v) is 7.04. The van der Waals surface area contributed by atoms with Gasteiger partial charge in [0.1, 0.15) is 5.82 Å². The van der Waals surface area contributed by atoms with E-state index in [1.807, 2.05) is 11.0 Å². The lowest BCUT2D eigenvalue weighted by molar-refractivity contribution is -0.125. The van der Waals surface area contributed by atoms with Crippen molar-refractivity contribution in [2.24, 2.45) is 17.3 Å². The van der Waals surface area contributed by atoms with E-state index in [1.165, 1.54) is 17.2 Å². The molecule has 0 N–H and O–H groups in total. The minimum atomic E-state index is -0.297. The molecule has 4 nitrogen and oxygen atoms in total. The molecule has 2 saturated heterocycles. The lowest BCUT2D eigenvalue weighted by atomic mass is 9.72. The van der Waals surface area contributed by atoms with E-state index in [4.69, 9.17) is 0 Å². The van der Waals surface area contributed by atoms with Crippen LogP contribution < -0.4 is 4.90 Å². The van der Waals surface area contributed by atoms with Crippen molar-refractivity contribution < 1.29 is 9.18 Å². The van der Waals surface area contributed by atoms with Crippen LogP contribution in [0, 0.1) is 23.1 Å². The summed E-state index contributed by atoms with van der Waals surface area (Å²) >= 11 is 0. The summed E-state index contributed by atoms with van der Waals surface area (Å²) in [5.74, 6) is 0.327. The average molecular weight is 526 g/mol. The molecular weight excluding hydrogens is 485 g/mol. The Morgan fingerprint density at radius 2 is 1.51 bits per heavy atom. The van der Waals surface area contributed by atoms with Gasteiger partial charge in [-0.3, -0.25) is 9.69 Å². The van der Waals surface area contributed by atoms with Gasteiger partial charge in [-0.05, 0) is 61.4 Å². The van der Waals surface area contributed by atoms with Crippen LogP contribution in [0.2, 0.25) is 0 Å². The van der Waals surface area contributed by atoms with Crippen molar-refractivity contribution in [3.05, 3.63) is 102 Å². The van der Waals surface area contributed by atoms with Crippen molar-refractivity contribution in [3.8, 4) is 0 Å². The van der Waals surface area contributed by atoms with Gasteiger partial charge in [-0.2, -0.15) is 0 Å². The number of likely N-dealkylation sites (tertiary alicyclic amines) is 2. The Labute approximate surface area is 232 Å². The van der Waals surface area contributed by atoms with E-state index in [9.17, 15) is 4.79 Å². The van der Waals surface area contributed by atoms with Crippen molar-refractivity contribution in [1.29, 1.82) is 0 Å². The number of carbonyl (C=O) groups is 1. The van der Waals surface area contributed by atoms with Crippen molar-refractivity contribution in [2.45, 2.75) is 38.6 Å². The first-order valence-corrected chi connectivity index (χ1v) is 14.7. The zero-order valence-electron chi connectivity index (χ0n) is 22.9. The molecule has 1 saturated carbocycles. The number of amides is 1. The number of nitrogens with zero attached hydrogens (tertiary/aromatic N) is 3. The van der Waals surface area contributed by atoms with Crippen LogP contribution in [0.4, 0.5) is 10.1 Å². The van der Waals surface area contributed by atoms with E-state index in [-0.39, 0.29) is 23.1 Å². The third kappa shape index (κ3) is 5.80. The predicted octanol–water partition coefficient (Wildman–Crippen LogP) is 6.03. The molecule has 1 aliphatic carbocycles. The lowest BCUT2D eigenvalue weighted by Gasteiger charge is -2.47. The van der Waals surface area contributed by atoms with Gasteiger partial charge in [0.25, 0.3) is 0 Å². The summed E-state index contributed by atoms with van der Waals surface area (Å²) in [4.78, 5) is 20.9. The number of anilines is 1. The zero-order chi connectivity index (χ0) is 26.7. The Bertz CT molecular complexity index is 1250. The molecule has 0 aromatic heterocycles. The molecule has 3 fully saturated rings. The average Bonchev–Trinajstić information content (AvgIpc) is 3.28. The van der Waals surface area contributed by atoms with Gasteiger partial charge < -0.3 is 9.80 Å². The van der Waals surface area contributed by atoms with Crippen molar-refractivity contribution in [1.82, 2.24) is 9.80 Å². The van der Waals surface area contributed by atoms with Crippen LogP contribution in [0.25, 0.3) is 0 Å².